The van der Waals surface area contributed by atoms with E-state index in [0.717, 1.165) is 22.0 Å². The fourth-order valence-electron chi connectivity index (χ4n) is 2.46. The molecule has 0 unspecified atom stereocenters. The number of nitrogens with zero attached hydrogens (tertiary/aromatic N) is 1. The molecule has 2 N–H and O–H groups in total. The van der Waals surface area contributed by atoms with Crippen molar-refractivity contribution in [3.63, 3.8) is 0 Å². The molecule has 3 aromatic rings. The summed E-state index contributed by atoms with van der Waals surface area (Å²) >= 11 is 0. The number of hydrogen-bond donors (Lipinski definition) is 2. The summed E-state index contributed by atoms with van der Waals surface area (Å²) in [5, 5.41) is 10.2. The van der Waals surface area contributed by atoms with E-state index in [0.29, 0.717) is 12.1 Å². The van der Waals surface area contributed by atoms with Crippen LogP contribution >= 0.6 is 0 Å². The molecule has 0 atom stereocenters. The van der Waals surface area contributed by atoms with Gasteiger partial charge in [-0.2, -0.15) is 0 Å². The summed E-state index contributed by atoms with van der Waals surface area (Å²) in [7, 11) is 0. The predicted octanol–water partition coefficient (Wildman–Crippen LogP) is 3.25. The average Bonchev–Trinajstić information content (AvgIpc) is 2.86. The molecule has 2 aromatic heterocycles. The zero-order valence-electron chi connectivity index (χ0n) is 11.3. The average molecular weight is 278 g/mol. The first kappa shape index (κ1) is 13.1. The molecule has 0 aliphatic heterocycles. The van der Waals surface area contributed by atoms with Gasteiger partial charge >= 0.3 is 5.97 Å². The van der Waals surface area contributed by atoms with Crippen LogP contribution in [0.2, 0.25) is 0 Å². The number of pyridine rings is 1. The van der Waals surface area contributed by atoms with Gasteiger partial charge in [-0.25, -0.2) is 4.79 Å². The molecule has 0 saturated heterocycles. The van der Waals surface area contributed by atoms with Gasteiger partial charge in [0.05, 0.1) is 11.3 Å². The molecule has 21 heavy (non-hydrogen) atoms. The van der Waals surface area contributed by atoms with Crippen molar-refractivity contribution < 1.29 is 9.90 Å². The van der Waals surface area contributed by atoms with Crippen molar-refractivity contribution in [3.8, 4) is 0 Å². The lowest BCUT2D eigenvalue weighted by Crippen LogP contribution is -2.02. The second kappa shape index (κ2) is 5.25. The Morgan fingerprint density at radius 1 is 1.24 bits per heavy atom. The van der Waals surface area contributed by atoms with Gasteiger partial charge in [0.2, 0.25) is 0 Å². The van der Waals surface area contributed by atoms with Gasteiger partial charge < -0.3 is 10.1 Å². The molecule has 104 valence electrons. The second-order valence-electron chi connectivity index (χ2n) is 4.85. The van der Waals surface area contributed by atoms with E-state index in [9.17, 15) is 9.90 Å². The second-order valence-corrected chi connectivity index (χ2v) is 4.85. The third-order valence-corrected chi connectivity index (χ3v) is 3.48. The van der Waals surface area contributed by atoms with E-state index in [1.54, 1.807) is 12.4 Å². The molecule has 4 heteroatoms. The molecular weight excluding hydrogens is 264 g/mol. The first-order valence-electron chi connectivity index (χ1n) is 6.58. The van der Waals surface area contributed by atoms with Crippen molar-refractivity contribution in [3.05, 3.63) is 72.2 Å². The fraction of sp³-hybridized carbons (Fsp3) is 0.0588. The molecule has 0 aliphatic rings. The summed E-state index contributed by atoms with van der Waals surface area (Å²) in [6.45, 7) is 3.68. The molecule has 0 saturated carbocycles. The summed E-state index contributed by atoms with van der Waals surface area (Å²) < 4.78 is 0. The first-order valence-corrected chi connectivity index (χ1v) is 6.58. The molecule has 1 aromatic carbocycles. The smallest absolute Gasteiger partial charge is 0.337 e. The Labute approximate surface area is 121 Å². The number of para-hydroxylation sites is 1. The topological polar surface area (TPSA) is 66.0 Å². The van der Waals surface area contributed by atoms with Gasteiger partial charge in [-0.15, -0.1) is 0 Å². The number of aromatic amines is 1. The molecule has 0 spiro atoms. The summed E-state index contributed by atoms with van der Waals surface area (Å²) in [5.41, 5.74) is 3.53. The number of benzene rings is 1. The van der Waals surface area contributed by atoms with Crippen molar-refractivity contribution in [2.24, 2.45) is 0 Å². The van der Waals surface area contributed by atoms with Crippen LogP contribution in [0.15, 0.2) is 55.4 Å². The lowest BCUT2D eigenvalue weighted by molar-refractivity contribution is -0.130. The Kier molecular flexibility index (Phi) is 3.28. The molecule has 0 bridgehead atoms. The van der Waals surface area contributed by atoms with E-state index in [-0.39, 0.29) is 5.57 Å². The Hall–Kier alpha value is -2.88. The number of H-pyrrole nitrogens is 1. The van der Waals surface area contributed by atoms with Crippen molar-refractivity contribution >= 4 is 22.4 Å². The summed E-state index contributed by atoms with van der Waals surface area (Å²) in [6, 6.07) is 11.6. The molecule has 3 rings (SSSR count). The highest BCUT2D eigenvalue weighted by Crippen LogP contribution is 2.28. The highest BCUT2D eigenvalue weighted by Gasteiger charge is 2.17. The third kappa shape index (κ3) is 2.43. The number of carboxylic acids is 1. The van der Waals surface area contributed by atoms with Crippen LogP contribution in [0.4, 0.5) is 0 Å². The first-order chi connectivity index (χ1) is 10.2. The van der Waals surface area contributed by atoms with Gasteiger partial charge in [-0.05, 0) is 23.3 Å². The lowest BCUT2D eigenvalue weighted by Gasteiger charge is -2.05. The van der Waals surface area contributed by atoms with Gasteiger partial charge in [0, 0.05) is 29.7 Å². The fourth-order valence-corrected chi connectivity index (χ4v) is 2.46. The van der Waals surface area contributed by atoms with E-state index < -0.39 is 5.97 Å². The zero-order chi connectivity index (χ0) is 14.8. The highest BCUT2D eigenvalue weighted by molar-refractivity contribution is 6.15. The number of nitrogens with one attached hydrogen (secondary N) is 1. The molecule has 2 heterocycles. The van der Waals surface area contributed by atoms with Crippen LogP contribution in [0.3, 0.4) is 0 Å². The summed E-state index contributed by atoms with van der Waals surface area (Å²) in [6.07, 6.45) is 4.12. The molecule has 0 radical (unpaired) electrons. The molecule has 0 fully saturated rings. The van der Waals surface area contributed by atoms with E-state index in [2.05, 4.69) is 16.5 Å². The molecule has 0 aliphatic carbocycles. The number of hydrogen-bond acceptors (Lipinski definition) is 2. The highest BCUT2D eigenvalue weighted by atomic mass is 16.4. The monoisotopic (exact) mass is 278 g/mol. The maximum atomic E-state index is 11.2. The zero-order valence-corrected chi connectivity index (χ0v) is 11.3. The Morgan fingerprint density at radius 3 is 2.76 bits per heavy atom. The summed E-state index contributed by atoms with van der Waals surface area (Å²) in [4.78, 5) is 18.5. The van der Waals surface area contributed by atoms with Gasteiger partial charge in [-0.1, -0.05) is 30.8 Å². The van der Waals surface area contributed by atoms with Crippen LogP contribution in [-0.2, 0) is 11.2 Å². The van der Waals surface area contributed by atoms with Crippen molar-refractivity contribution in [2.75, 3.05) is 0 Å². The van der Waals surface area contributed by atoms with E-state index >= 15 is 0 Å². The maximum Gasteiger partial charge on any atom is 0.337 e. The third-order valence-electron chi connectivity index (χ3n) is 3.48. The minimum absolute atomic E-state index is 0.0742. The quantitative estimate of drug-likeness (QED) is 0.720. The van der Waals surface area contributed by atoms with Gasteiger partial charge in [0.25, 0.3) is 0 Å². The lowest BCUT2D eigenvalue weighted by atomic mass is 10.00. The largest absolute Gasteiger partial charge is 0.478 e. The molecular formula is C17H14N2O2. The number of aromatic nitrogens is 2. The Balaban J connectivity index is 2.16. The molecule has 4 nitrogen and oxygen atoms in total. The number of carbonyl (C=O) groups is 1. The summed E-state index contributed by atoms with van der Waals surface area (Å²) in [5.74, 6) is -1.02. The van der Waals surface area contributed by atoms with Gasteiger partial charge in [0.15, 0.2) is 0 Å². The maximum absolute atomic E-state index is 11.2. The van der Waals surface area contributed by atoms with Crippen LogP contribution in [0.25, 0.3) is 16.5 Å². The van der Waals surface area contributed by atoms with Crippen LogP contribution in [0.5, 0.6) is 0 Å². The Bertz CT molecular complexity index is 819. The van der Waals surface area contributed by atoms with E-state index in [4.69, 9.17) is 0 Å². The van der Waals surface area contributed by atoms with Crippen molar-refractivity contribution in [1.29, 1.82) is 0 Å². The standard InChI is InChI=1S/C17H14N2O2/c1-11(17(20)21)16-14(9-12-5-4-8-18-10-12)13-6-2-3-7-15(13)19-16/h2-8,10,19H,1,9H2,(H,20,21). The number of rotatable bonds is 4. The van der Waals surface area contributed by atoms with Crippen molar-refractivity contribution in [2.45, 2.75) is 6.42 Å². The molecule has 0 amide bonds. The number of carboxylic acid groups (broad SMARTS) is 1. The number of aliphatic carboxylic acids is 1. The van der Waals surface area contributed by atoms with E-state index in [1.807, 2.05) is 36.4 Å². The van der Waals surface area contributed by atoms with Crippen LogP contribution in [0.1, 0.15) is 16.8 Å². The van der Waals surface area contributed by atoms with Gasteiger partial charge in [0.1, 0.15) is 0 Å². The van der Waals surface area contributed by atoms with Crippen LogP contribution < -0.4 is 0 Å². The minimum Gasteiger partial charge on any atom is -0.478 e. The Morgan fingerprint density at radius 2 is 2.05 bits per heavy atom. The van der Waals surface area contributed by atoms with Crippen molar-refractivity contribution in [1.82, 2.24) is 9.97 Å². The minimum atomic E-state index is -1.02. The van der Waals surface area contributed by atoms with Gasteiger partial charge in [-0.3, -0.25) is 4.98 Å². The van der Waals surface area contributed by atoms with E-state index in [1.165, 1.54) is 0 Å². The SMILES string of the molecule is C=C(C(=O)O)c1[nH]c2ccccc2c1Cc1cccnc1. The van der Waals surface area contributed by atoms with Crippen LogP contribution in [-0.4, -0.2) is 21.0 Å². The number of fused-ring (bicyclic) bond motifs is 1. The normalized spacial score (nSPS) is 10.7. The predicted molar refractivity (Wildman–Crippen MR) is 82.0 cm³/mol. The van der Waals surface area contributed by atoms with Crippen LogP contribution in [0, 0.1) is 0 Å².